The first-order valence-corrected chi connectivity index (χ1v) is 9.95. The summed E-state index contributed by atoms with van der Waals surface area (Å²) in [7, 11) is -2.13. The third kappa shape index (κ3) is 3.74. The molecule has 0 saturated heterocycles. The number of hydrogen-bond donors (Lipinski definition) is 1. The van der Waals surface area contributed by atoms with Crippen molar-refractivity contribution in [1.82, 2.24) is 0 Å². The van der Waals surface area contributed by atoms with Crippen LogP contribution in [0.1, 0.15) is 31.1 Å². The van der Waals surface area contributed by atoms with Crippen molar-refractivity contribution >= 4 is 41.8 Å². The molecule has 1 rings (SSSR count). The highest BCUT2D eigenvalue weighted by molar-refractivity contribution is 9.10. The molecule has 0 saturated carbocycles. The van der Waals surface area contributed by atoms with Crippen molar-refractivity contribution in [3.05, 3.63) is 27.2 Å². The lowest BCUT2D eigenvalue weighted by atomic mass is 10.2. The lowest BCUT2D eigenvalue weighted by molar-refractivity contribution is 0.0694. The van der Waals surface area contributed by atoms with Crippen molar-refractivity contribution in [2.45, 2.75) is 38.9 Å². The van der Waals surface area contributed by atoms with Crippen molar-refractivity contribution in [1.29, 1.82) is 0 Å². The Kier molecular flexibility index (Phi) is 4.75. The smallest absolute Gasteiger partial charge is 0.339 e. The molecule has 3 nitrogen and oxygen atoms in total. The van der Waals surface area contributed by atoms with Crippen molar-refractivity contribution in [2.75, 3.05) is 0 Å². The predicted molar refractivity (Wildman–Crippen MR) is 83.9 cm³/mol. The summed E-state index contributed by atoms with van der Waals surface area (Å²) in [5, 5.41) is 9.56. The van der Waals surface area contributed by atoms with Gasteiger partial charge in [-0.15, -0.1) is 0 Å². The molecule has 1 aromatic rings. The molecule has 1 aromatic carbocycles. The molecule has 1 N–H and O–H groups in total. The molecule has 0 unspecified atom stereocenters. The largest absolute Gasteiger partial charge is 0.542 e. The molecule has 0 aliphatic carbocycles. The van der Waals surface area contributed by atoms with E-state index >= 15 is 0 Å². The minimum Gasteiger partial charge on any atom is -0.542 e. The van der Waals surface area contributed by atoms with Gasteiger partial charge in [0.2, 0.25) is 0 Å². The molecule has 19 heavy (non-hydrogen) atoms. The van der Waals surface area contributed by atoms with Crippen LogP contribution in [-0.2, 0) is 0 Å². The normalized spacial score (nSPS) is 12.4. The van der Waals surface area contributed by atoms with Gasteiger partial charge in [0.05, 0.1) is 5.02 Å². The molecular formula is C13H18BrClO3Si. The van der Waals surface area contributed by atoms with Crippen molar-refractivity contribution in [2.24, 2.45) is 0 Å². The first kappa shape index (κ1) is 16.5. The molecule has 0 aromatic heterocycles. The molecule has 0 radical (unpaired) electrons. The van der Waals surface area contributed by atoms with Gasteiger partial charge in [-0.3, -0.25) is 0 Å². The van der Waals surface area contributed by atoms with Crippen LogP contribution in [0.25, 0.3) is 0 Å². The van der Waals surface area contributed by atoms with Gasteiger partial charge >= 0.3 is 5.97 Å². The average Bonchev–Trinajstić information content (AvgIpc) is 2.19. The van der Waals surface area contributed by atoms with Crippen molar-refractivity contribution < 1.29 is 14.3 Å². The molecular weight excluding hydrogens is 348 g/mol. The highest BCUT2D eigenvalue weighted by Gasteiger charge is 2.40. The number of aromatic carboxylic acids is 1. The van der Waals surface area contributed by atoms with Crippen molar-refractivity contribution in [3.8, 4) is 5.75 Å². The monoisotopic (exact) mass is 364 g/mol. The average molecular weight is 366 g/mol. The van der Waals surface area contributed by atoms with E-state index in [1.165, 1.54) is 6.07 Å². The van der Waals surface area contributed by atoms with Gasteiger partial charge in [0.25, 0.3) is 8.32 Å². The van der Waals surface area contributed by atoms with Gasteiger partial charge in [-0.1, -0.05) is 48.3 Å². The Balaban J connectivity index is 3.32. The number of benzene rings is 1. The highest BCUT2D eigenvalue weighted by atomic mass is 79.9. The van der Waals surface area contributed by atoms with Crippen molar-refractivity contribution in [3.63, 3.8) is 0 Å². The van der Waals surface area contributed by atoms with Gasteiger partial charge in [0.15, 0.2) is 0 Å². The number of carboxylic acid groups (broad SMARTS) is 1. The van der Waals surface area contributed by atoms with E-state index < -0.39 is 14.3 Å². The van der Waals surface area contributed by atoms with Crippen LogP contribution >= 0.6 is 27.5 Å². The Hall–Kier alpha value is -0.523. The van der Waals surface area contributed by atoms with Crippen LogP contribution in [0.15, 0.2) is 16.6 Å². The number of halogens is 2. The standard InChI is InChI=1S/C13H18BrClO3Si/c1-13(2,3)19(4,5)18-11-9(12(16)17)6-8(14)7-10(11)15/h6-7H,1-5H3,(H,16,17). The SMILES string of the molecule is CC(C)(C)[Si](C)(C)Oc1c(Cl)cc(Br)cc1C(=O)O. The molecule has 0 aliphatic rings. The molecule has 0 spiro atoms. The highest BCUT2D eigenvalue weighted by Crippen LogP contribution is 2.41. The Bertz CT molecular complexity index is 509. The summed E-state index contributed by atoms with van der Waals surface area (Å²) in [6.07, 6.45) is 0. The quantitative estimate of drug-likeness (QED) is 0.750. The molecule has 0 bridgehead atoms. The summed E-state index contributed by atoms with van der Waals surface area (Å²) in [5.74, 6) is -0.777. The molecule has 0 aliphatic heterocycles. The topological polar surface area (TPSA) is 46.5 Å². The zero-order valence-corrected chi connectivity index (χ0v) is 15.0. The van der Waals surface area contributed by atoms with Gasteiger partial charge in [-0.05, 0) is 30.3 Å². The minimum absolute atomic E-state index is 0.0286. The summed E-state index contributed by atoms with van der Waals surface area (Å²) in [6.45, 7) is 10.4. The van der Waals surface area contributed by atoms with E-state index in [9.17, 15) is 9.90 Å². The first-order chi connectivity index (χ1) is 8.45. The lowest BCUT2D eigenvalue weighted by Crippen LogP contribution is -2.44. The van der Waals surface area contributed by atoms with E-state index in [1.807, 2.05) is 0 Å². The van der Waals surface area contributed by atoms with Crippen LogP contribution in [0.5, 0.6) is 5.75 Å². The van der Waals surface area contributed by atoms with Gasteiger partial charge in [0, 0.05) is 4.47 Å². The lowest BCUT2D eigenvalue weighted by Gasteiger charge is -2.37. The fourth-order valence-corrected chi connectivity index (χ4v) is 3.18. The maximum atomic E-state index is 11.3. The fraction of sp³-hybridized carbons (Fsp3) is 0.462. The van der Waals surface area contributed by atoms with Gasteiger partial charge in [0.1, 0.15) is 11.3 Å². The minimum atomic E-state index is -2.13. The zero-order valence-electron chi connectivity index (χ0n) is 11.7. The summed E-state index contributed by atoms with van der Waals surface area (Å²) < 4.78 is 6.67. The number of hydrogen-bond acceptors (Lipinski definition) is 2. The van der Waals surface area contributed by atoms with Crippen LogP contribution in [-0.4, -0.2) is 19.4 Å². The molecule has 0 amide bonds. The second-order valence-electron chi connectivity index (χ2n) is 5.93. The van der Waals surface area contributed by atoms with E-state index in [4.69, 9.17) is 16.0 Å². The fourth-order valence-electron chi connectivity index (χ4n) is 1.23. The maximum absolute atomic E-state index is 11.3. The second-order valence-corrected chi connectivity index (χ2v) is 12.0. The van der Waals surface area contributed by atoms with Gasteiger partial charge in [-0.25, -0.2) is 4.79 Å². The Morgan fingerprint density at radius 1 is 1.37 bits per heavy atom. The van der Waals surface area contributed by atoms with E-state index in [-0.39, 0.29) is 16.4 Å². The summed E-state index contributed by atoms with van der Waals surface area (Å²) >= 11 is 9.38. The van der Waals surface area contributed by atoms with E-state index in [0.717, 1.165) is 0 Å². The van der Waals surface area contributed by atoms with E-state index in [0.29, 0.717) is 9.50 Å². The van der Waals surface area contributed by atoms with Gasteiger partial charge in [-0.2, -0.15) is 0 Å². The van der Waals surface area contributed by atoms with E-state index in [2.05, 4.69) is 49.8 Å². The summed E-state index contributed by atoms with van der Waals surface area (Å²) in [6, 6.07) is 3.16. The maximum Gasteiger partial charge on any atom is 0.339 e. The van der Waals surface area contributed by atoms with Crippen LogP contribution in [0.2, 0.25) is 23.2 Å². The molecule has 6 heteroatoms. The van der Waals surface area contributed by atoms with Crippen LogP contribution in [0.3, 0.4) is 0 Å². The number of carbonyl (C=O) groups is 1. The second kappa shape index (κ2) is 5.46. The van der Waals surface area contributed by atoms with E-state index in [1.54, 1.807) is 6.07 Å². The summed E-state index contributed by atoms with van der Waals surface area (Å²) in [4.78, 5) is 11.3. The van der Waals surface area contributed by atoms with Crippen LogP contribution in [0.4, 0.5) is 0 Å². The molecule has 0 heterocycles. The third-order valence-electron chi connectivity index (χ3n) is 3.40. The predicted octanol–water partition coefficient (Wildman–Crippen LogP) is 5.18. The molecule has 0 fully saturated rings. The van der Waals surface area contributed by atoms with Crippen LogP contribution < -0.4 is 4.43 Å². The van der Waals surface area contributed by atoms with Crippen LogP contribution in [0, 0.1) is 0 Å². The third-order valence-corrected chi connectivity index (χ3v) is 8.47. The Morgan fingerprint density at radius 3 is 2.32 bits per heavy atom. The Morgan fingerprint density at radius 2 is 1.89 bits per heavy atom. The number of carboxylic acids is 1. The summed E-state index contributed by atoms with van der Waals surface area (Å²) in [5.41, 5.74) is 0.0872. The first-order valence-electron chi connectivity index (χ1n) is 5.87. The zero-order chi connectivity index (χ0) is 15.0. The molecule has 106 valence electrons. The van der Waals surface area contributed by atoms with Gasteiger partial charge < -0.3 is 9.53 Å². The number of rotatable bonds is 3. The Labute approximate surface area is 128 Å². The molecule has 0 atom stereocenters.